The van der Waals surface area contributed by atoms with Crippen molar-refractivity contribution in [3.05, 3.63) is 77.0 Å². The lowest BCUT2D eigenvalue weighted by Gasteiger charge is -2.12. The third-order valence-corrected chi connectivity index (χ3v) is 4.27. The Hall–Kier alpha value is -3.12. The highest BCUT2D eigenvalue weighted by atomic mass is 32.1. The predicted octanol–water partition coefficient (Wildman–Crippen LogP) is 4.26. The van der Waals surface area contributed by atoms with Crippen LogP contribution in [0.15, 0.2) is 72.1 Å². The molecule has 3 aromatic rings. The molecular weight excluding hydrogens is 350 g/mol. The molecule has 26 heavy (non-hydrogen) atoms. The van der Waals surface area contributed by atoms with Crippen LogP contribution in [-0.2, 0) is 20.7 Å². The van der Waals surface area contributed by atoms with E-state index in [1.807, 2.05) is 53.9 Å². The number of rotatable bonds is 7. The first-order chi connectivity index (χ1) is 12.7. The van der Waals surface area contributed by atoms with E-state index in [0.29, 0.717) is 17.2 Å². The van der Waals surface area contributed by atoms with Crippen LogP contribution in [0, 0.1) is 0 Å². The molecule has 0 unspecified atom stereocenters. The van der Waals surface area contributed by atoms with E-state index in [2.05, 4.69) is 5.32 Å². The minimum atomic E-state index is -0.434. The van der Waals surface area contributed by atoms with Crippen molar-refractivity contribution in [3.8, 4) is 11.5 Å². The SMILES string of the molecule is O=C(COC(=O)Cc1cccs1)Nc1ccccc1Oc1ccccc1. The Bertz CT molecular complexity index is 863. The minimum absolute atomic E-state index is 0.165. The molecule has 0 aliphatic carbocycles. The minimum Gasteiger partial charge on any atom is -0.455 e. The number of anilines is 1. The summed E-state index contributed by atoms with van der Waals surface area (Å²) in [6.45, 7) is -0.343. The van der Waals surface area contributed by atoms with E-state index in [1.165, 1.54) is 11.3 Å². The van der Waals surface area contributed by atoms with Crippen LogP contribution in [0.1, 0.15) is 4.88 Å². The highest BCUT2D eigenvalue weighted by Crippen LogP contribution is 2.28. The Morgan fingerprint density at radius 2 is 1.69 bits per heavy atom. The fourth-order valence-corrected chi connectivity index (χ4v) is 2.90. The number of esters is 1. The average molecular weight is 367 g/mol. The molecule has 0 atom stereocenters. The molecule has 0 radical (unpaired) electrons. The van der Waals surface area contributed by atoms with Gasteiger partial charge in [-0.3, -0.25) is 9.59 Å². The van der Waals surface area contributed by atoms with Gasteiger partial charge in [0, 0.05) is 4.88 Å². The van der Waals surface area contributed by atoms with Crippen molar-refractivity contribution in [2.75, 3.05) is 11.9 Å². The highest BCUT2D eigenvalue weighted by Gasteiger charge is 2.12. The Morgan fingerprint density at radius 3 is 2.46 bits per heavy atom. The summed E-state index contributed by atoms with van der Waals surface area (Å²) in [4.78, 5) is 24.7. The molecule has 1 N–H and O–H groups in total. The monoisotopic (exact) mass is 367 g/mol. The summed E-state index contributed by atoms with van der Waals surface area (Å²) in [6.07, 6.45) is 0.165. The summed E-state index contributed by atoms with van der Waals surface area (Å²) in [5.41, 5.74) is 0.510. The molecule has 0 saturated carbocycles. The largest absolute Gasteiger partial charge is 0.455 e. The van der Waals surface area contributed by atoms with E-state index < -0.39 is 11.9 Å². The summed E-state index contributed by atoms with van der Waals surface area (Å²) >= 11 is 1.47. The van der Waals surface area contributed by atoms with Gasteiger partial charge in [-0.15, -0.1) is 11.3 Å². The van der Waals surface area contributed by atoms with Crippen molar-refractivity contribution in [3.63, 3.8) is 0 Å². The van der Waals surface area contributed by atoms with Crippen LogP contribution in [-0.4, -0.2) is 18.5 Å². The molecule has 0 bridgehead atoms. The normalized spacial score (nSPS) is 10.2. The van der Waals surface area contributed by atoms with Gasteiger partial charge in [0.05, 0.1) is 12.1 Å². The molecule has 6 heteroatoms. The number of carbonyl (C=O) groups excluding carboxylic acids is 2. The fraction of sp³-hybridized carbons (Fsp3) is 0.100. The fourth-order valence-electron chi connectivity index (χ4n) is 2.21. The third kappa shape index (κ3) is 5.19. The van der Waals surface area contributed by atoms with Gasteiger partial charge in [-0.2, -0.15) is 0 Å². The Kier molecular flexibility index (Phi) is 6.01. The van der Waals surface area contributed by atoms with Gasteiger partial charge in [0.15, 0.2) is 12.4 Å². The van der Waals surface area contributed by atoms with E-state index in [-0.39, 0.29) is 13.0 Å². The number of benzene rings is 2. The highest BCUT2D eigenvalue weighted by molar-refractivity contribution is 7.10. The van der Waals surface area contributed by atoms with Crippen LogP contribution in [0.5, 0.6) is 11.5 Å². The summed E-state index contributed by atoms with van der Waals surface area (Å²) < 4.78 is 10.8. The van der Waals surface area contributed by atoms with Crippen LogP contribution >= 0.6 is 11.3 Å². The van der Waals surface area contributed by atoms with Crippen LogP contribution in [0.25, 0.3) is 0 Å². The average Bonchev–Trinajstić information content (AvgIpc) is 3.15. The Morgan fingerprint density at radius 1 is 0.923 bits per heavy atom. The molecule has 1 amide bonds. The number of hydrogen-bond acceptors (Lipinski definition) is 5. The van der Waals surface area contributed by atoms with Crippen molar-refractivity contribution in [2.24, 2.45) is 0 Å². The van der Waals surface area contributed by atoms with Crippen LogP contribution in [0.2, 0.25) is 0 Å². The first-order valence-corrected chi connectivity index (χ1v) is 8.88. The first-order valence-electron chi connectivity index (χ1n) is 8.00. The van der Waals surface area contributed by atoms with Crippen molar-refractivity contribution in [1.82, 2.24) is 0 Å². The molecule has 132 valence electrons. The van der Waals surface area contributed by atoms with Gasteiger partial charge >= 0.3 is 5.97 Å². The van der Waals surface area contributed by atoms with Crippen molar-refractivity contribution >= 4 is 28.9 Å². The lowest BCUT2D eigenvalue weighted by molar-refractivity contribution is -0.146. The number of nitrogens with one attached hydrogen (secondary N) is 1. The van der Waals surface area contributed by atoms with Crippen molar-refractivity contribution in [1.29, 1.82) is 0 Å². The van der Waals surface area contributed by atoms with E-state index in [4.69, 9.17) is 9.47 Å². The molecule has 0 aliphatic heterocycles. The molecule has 2 aromatic carbocycles. The van der Waals surface area contributed by atoms with Gasteiger partial charge in [-0.05, 0) is 35.7 Å². The van der Waals surface area contributed by atoms with Gasteiger partial charge in [-0.1, -0.05) is 36.4 Å². The number of thiophene rings is 1. The quantitative estimate of drug-likeness (QED) is 0.634. The van der Waals surface area contributed by atoms with Gasteiger partial charge < -0.3 is 14.8 Å². The van der Waals surface area contributed by atoms with Crippen LogP contribution < -0.4 is 10.1 Å². The number of carbonyl (C=O) groups is 2. The van der Waals surface area contributed by atoms with E-state index in [9.17, 15) is 9.59 Å². The molecule has 1 heterocycles. The zero-order chi connectivity index (χ0) is 18.2. The smallest absolute Gasteiger partial charge is 0.311 e. The second-order valence-electron chi connectivity index (χ2n) is 5.38. The molecule has 0 fully saturated rings. The predicted molar refractivity (Wildman–Crippen MR) is 101 cm³/mol. The van der Waals surface area contributed by atoms with Gasteiger partial charge in [0.25, 0.3) is 5.91 Å². The van der Waals surface area contributed by atoms with Crippen molar-refractivity contribution < 1.29 is 19.1 Å². The lowest BCUT2D eigenvalue weighted by atomic mass is 10.3. The maximum atomic E-state index is 12.1. The standard InChI is InChI=1S/C20H17NO4S/c22-19(14-24-20(23)13-16-9-6-12-26-16)21-17-10-4-5-11-18(17)25-15-7-2-1-3-8-15/h1-12H,13-14H2,(H,21,22). The van der Waals surface area contributed by atoms with Gasteiger partial charge in [0.2, 0.25) is 0 Å². The Labute approximate surface area is 155 Å². The van der Waals surface area contributed by atoms with E-state index >= 15 is 0 Å². The second-order valence-corrected chi connectivity index (χ2v) is 6.41. The van der Waals surface area contributed by atoms with Crippen molar-refractivity contribution in [2.45, 2.75) is 6.42 Å². The Balaban J connectivity index is 1.55. The molecule has 0 saturated heterocycles. The van der Waals surface area contributed by atoms with Crippen LogP contribution in [0.3, 0.4) is 0 Å². The summed E-state index contributed by atoms with van der Waals surface area (Å²) in [5.74, 6) is 0.318. The zero-order valence-corrected chi connectivity index (χ0v) is 14.7. The third-order valence-electron chi connectivity index (χ3n) is 3.40. The topological polar surface area (TPSA) is 64.6 Å². The number of para-hydroxylation sites is 3. The molecular formula is C20H17NO4S. The van der Waals surface area contributed by atoms with Crippen LogP contribution in [0.4, 0.5) is 5.69 Å². The number of ether oxygens (including phenoxy) is 2. The maximum Gasteiger partial charge on any atom is 0.311 e. The maximum absolute atomic E-state index is 12.1. The summed E-state index contributed by atoms with van der Waals surface area (Å²) in [7, 11) is 0. The molecule has 0 aliphatic rings. The summed E-state index contributed by atoms with van der Waals surface area (Å²) in [6, 6.07) is 20.1. The first kappa shape index (κ1) is 17.7. The summed E-state index contributed by atoms with van der Waals surface area (Å²) in [5, 5.41) is 4.59. The lowest BCUT2D eigenvalue weighted by Crippen LogP contribution is -2.21. The molecule has 1 aromatic heterocycles. The zero-order valence-electron chi connectivity index (χ0n) is 13.9. The molecule has 0 spiro atoms. The second kappa shape index (κ2) is 8.82. The van der Waals surface area contributed by atoms with Gasteiger partial charge in [-0.25, -0.2) is 0 Å². The van der Waals surface area contributed by atoms with E-state index in [1.54, 1.807) is 18.2 Å². The molecule has 5 nitrogen and oxygen atoms in total. The molecule has 3 rings (SSSR count). The van der Waals surface area contributed by atoms with Gasteiger partial charge in [0.1, 0.15) is 5.75 Å². The van der Waals surface area contributed by atoms with E-state index in [0.717, 1.165) is 4.88 Å². The number of hydrogen-bond donors (Lipinski definition) is 1. The number of amides is 1.